The first-order valence-electron chi connectivity index (χ1n) is 3.30. The number of aryl methyl sites for hydroxylation is 1. The number of nitrogens with two attached hydrogens (primary N) is 1. The van der Waals surface area contributed by atoms with E-state index < -0.39 is 0 Å². The SMILES string of the molecule is CCn1cc(N)cc(Cl)c1=O. The summed E-state index contributed by atoms with van der Waals surface area (Å²) in [4.78, 5) is 11.1. The molecule has 1 aromatic heterocycles. The molecule has 0 unspecified atom stereocenters. The molecule has 0 aliphatic rings. The number of hydrogen-bond donors (Lipinski definition) is 1. The van der Waals surface area contributed by atoms with Crippen molar-refractivity contribution in [2.24, 2.45) is 0 Å². The summed E-state index contributed by atoms with van der Waals surface area (Å²) in [5, 5.41) is 0.173. The minimum atomic E-state index is -0.191. The number of hydrogen-bond acceptors (Lipinski definition) is 2. The van der Waals surface area contributed by atoms with E-state index in [-0.39, 0.29) is 10.6 Å². The fourth-order valence-electron chi connectivity index (χ4n) is 0.856. The van der Waals surface area contributed by atoms with Crippen LogP contribution in [0.5, 0.6) is 0 Å². The molecular weight excluding hydrogens is 164 g/mol. The molecule has 0 aromatic carbocycles. The zero-order valence-electron chi connectivity index (χ0n) is 6.17. The van der Waals surface area contributed by atoms with Gasteiger partial charge in [0.05, 0.1) is 0 Å². The van der Waals surface area contributed by atoms with E-state index in [0.717, 1.165) is 0 Å². The molecule has 60 valence electrons. The molecule has 11 heavy (non-hydrogen) atoms. The van der Waals surface area contributed by atoms with Gasteiger partial charge in [-0.25, -0.2) is 0 Å². The average molecular weight is 173 g/mol. The van der Waals surface area contributed by atoms with E-state index in [9.17, 15) is 4.79 Å². The lowest BCUT2D eigenvalue weighted by Crippen LogP contribution is -2.19. The first-order valence-corrected chi connectivity index (χ1v) is 3.68. The monoisotopic (exact) mass is 172 g/mol. The van der Waals surface area contributed by atoms with Crippen LogP contribution in [0.3, 0.4) is 0 Å². The second-order valence-corrected chi connectivity index (χ2v) is 2.62. The van der Waals surface area contributed by atoms with Crippen molar-refractivity contribution in [3.63, 3.8) is 0 Å². The lowest BCUT2D eigenvalue weighted by atomic mass is 10.4. The molecule has 0 aliphatic carbocycles. The fraction of sp³-hybridized carbons (Fsp3) is 0.286. The van der Waals surface area contributed by atoms with Crippen molar-refractivity contribution in [3.05, 3.63) is 27.6 Å². The summed E-state index contributed by atoms with van der Waals surface area (Å²) in [6.07, 6.45) is 1.58. The van der Waals surface area contributed by atoms with Crippen molar-refractivity contribution in [1.82, 2.24) is 4.57 Å². The highest BCUT2D eigenvalue weighted by Crippen LogP contribution is 2.06. The molecule has 0 saturated heterocycles. The third-order valence-electron chi connectivity index (χ3n) is 1.40. The maximum Gasteiger partial charge on any atom is 0.269 e. The summed E-state index contributed by atoms with van der Waals surface area (Å²) in [7, 11) is 0. The second-order valence-electron chi connectivity index (χ2n) is 2.21. The van der Waals surface area contributed by atoms with Gasteiger partial charge in [-0.2, -0.15) is 0 Å². The van der Waals surface area contributed by atoms with Crippen LogP contribution in [0.2, 0.25) is 5.02 Å². The Labute approximate surface area is 69.4 Å². The minimum absolute atomic E-state index is 0.173. The second kappa shape index (κ2) is 2.96. The van der Waals surface area contributed by atoms with Crippen LogP contribution in [-0.4, -0.2) is 4.57 Å². The Morgan fingerprint density at radius 1 is 1.73 bits per heavy atom. The predicted molar refractivity (Wildman–Crippen MR) is 45.8 cm³/mol. The zero-order chi connectivity index (χ0) is 8.43. The molecule has 3 nitrogen and oxygen atoms in total. The van der Waals surface area contributed by atoms with E-state index in [1.807, 2.05) is 6.92 Å². The van der Waals surface area contributed by atoms with Gasteiger partial charge < -0.3 is 10.3 Å². The lowest BCUT2D eigenvalue weighted by Gasteiger charge is -2.02. The number of pyridine rings is 1. The molecule has 1 rings (SSSR count). The maximum absolute atomic E-state index is 11.1. The zero-order valence-corrected chi connectivity index (χ0v) is 6.93. The predicted octanol–water partition coefficient (Wildman–Crippen LogP) is 1.10. The highest BCUT2D eigenvalue weighted by Gasteiger charge is 1.99. The van der Waals surface area contributed by atoms with Gasteiger partial charge >= 0.3 is 0 Å². The van der Waals surface area contributed by atoms with Crippen LogP contribution in [0.25, 0.3) is 0 Å². The van der Waals surface area contributed by atoms with Crippen molar-refractivity contribution in [3.8, 4) is 0 Å². The molecule has 0 radical (unpaired) electrons. The summed E-state index contributed by atoms with van der Waals surface area (Å²) in [6, 6.07) is 1.45. The Hall–Kier alpha value is -0.960. The molecule has 0 atom stereocenters. The van der Waals surface area contributed by atoms with Gasteiger partial charge in [0, 0.05) is 18.4 Å². The molecule has 1 heterocycles. The number of nitrogens with zero attached hydrogens (tertiary/aromatic N) is 1. The normalized spacial score (nSPS) is 10.0. The Morgan fingerprint density at radius 3 is 2.91 bits per heavy atom. The summed E-state index contributed by atoms with van der Waals surface area (Å²) in [6.45, 7) is 2.45. The van der Waals surface area contributed by atoms with E-state index in [1.54, 1.807) is 6.20 Å². The number of halogens is 1. The van der Waals surface area contributed by atoms with Gasteiger partial charge in [0.15, 0.2) is 0 Å². The summed E-state index contributed by atoms with van der Waals surface area (Å²) in [5.41, 5.74) is 5.78. The van der Waals surface area contributed by atoms with Crippen LogP contribution in [0.1, 0.15) is 6.92 Å². The van der Waals surface area contributed by atoms with Gasteiger partial charge in [0.1, 0.15) is 5.02 Å². The molecule has 1 aromatic rings. The van der Waals surface area contributed by atoms with Crippen LogP contribution in [-0.2, 0) is 6.54 Å². The van der Waals surface area contributed by atoms with Gasteiger partial charge in [-0.3, -0.25) is 4.79 Å². The van der Waals surface area contributed by atoms with Crippen molar-refractivity contribution < 1.29 is 0 Å². The Bertz CT molecular complexity index is 319. The Balaban J connectivity index is 3.37. The van der Waals surface area contributed by atoms with Crippen LogP contribution in [0.4, 0.5) is 5.69 Å². The lowest BCUT2D eigenvalue weighted by molar-refractivity contribution is 0.729. The van der Waals surface area contributed by atoms with Crippen LogP contribution < -0.4 is 11.3 Å². The van der Waals surface area contributed by atoms with Gasteiger partial charge in [-0.1, -0.05) is 11.6 Å². The van der Waals surface area contributed by atoms with Gasteiger partial charge in [-0.05, 0) is 13.0 Å². The number of nitrogen functional groups attached to an aromatic ring is 1. The molecule has 2 N–H and O–H groups in total. The van der Waals surface area contributed by atoms with Crippen LogP contribution in [0, 0.1) is 0 Å². The maximum atomic E-state index is 11.1. The molecule has 0 amide bonds. The van der Waals surface area contributed by atoms with Crippen LogP contribution >= 0.6 is 11.6 Å². The minimum Gasteiger partial charge on any atom is -0.397 e. The highest BCUT2D eigenvalue weighted by atomic mass is 35.5. The number of anilines is 1. The van der Waals surface area contributed by atoms with Gasteiger partial charge in [0.2, 0.25) is 0 Å². The molecule has 0 bridgehead atoms. The largest absolute Gasteiger partial charge is 0.397 e. The standard InChI is InChI=1S/C7H9ClN2O/c1-2-10-4-5(9)3-6(8)7(10)11/h3-4H,2,9H2,1H3. The molecular formula is C7H9ClN2O. The molecule has 0 spiro atoms. The molecule has 0 saturated carbocycles. The highest BCUT2D eigenvalue weighted by molar-refractivity contribution is 6.30. The topological polar surface area (TPSA) is 48.0 Å². The Kier molecular flexibility index (Phi) is 2.19. The van der Waals surface area contributed by atoms with E-state index in [1.165, 1.54) is 10.6 Å². The van der Waals surface area contributed by atoms with Gasteiger partial charge in [0.25, 0.3) is 5.56 Å². The van der Waals surface area contributed by atoms with Crippen molar-refractivity contribution in [2.75, 3.05) is 5.73 Å². The van der Waals surface area contributed by atoms with Crippen LogP contribution in [0.15, 0.2) is 17.1 Å². The van der Waals surface area contributed by atoms with E-state index in [2.05, 4.69) is 0 Å². The third kappa shape index (κ3) is 1.54. The van der Waals surface area contributed by atoms with Crippen molar-refractivity contribution in [2.45, 2.75) is 13.5 Å². The molecule has 0 fully saturated rings. The van der Waals surface area contributed by atoms with Crippen molar-refractivity contribution >= 4 is 17.3 Å². The summed E-state index contributed by atoms with van der Waals surface area (Å²) >= 11 is 5.58. The first kappa shape index (κ1) is 8.14. The summed E-state index contributed by atoms with van der Waals surface area (Å²) < 4.78 is 1.47. The quantitative estimate of drug-likeness (QED) is 0.690. The number of rotatable bonds is 1. The molecule has 0 aliphatic heterocycles. The third-order valence-corrected chi connectivity index (χ3v) is 1.67. The fourth-order valence-corrected chi connectivity index (χ4v) is 1.09. The smallest absolute Gasteiger partial charge is 0.269 e. The number of aromatic nitrogens is 1. The summed E-state index contributed by atoms with van der Waals surface area (Å²) in [5.74, 6) is 0. The first-order chi connectivity index (χ1) is 5.15. The van der Waals surface area contributed by atoms with E-state index >= 15 is 0 Å². The van der Waals surface area contributed by atoms with Crippen molar-refractivity contribution in [1.29, 1.82) is 0 Å². The average Bonchev–Trinajstić information content (AvgIpc) is 1.96. The van der Waals surface area contributed by atoms with E-state index in [4.69, 9.17) is 17.3 Å². The molecule has 4 heteroatoms. The Morgan fingerprint density at radius 2 is 2.36 bits per heavy atom. The van der Waals surface area contributed by atoms with Gasteiger partial charge in [-0.15, -0.1) is 0 Å². The van der Waals surface area contributed by atoms with E-state index in [0.29, 0.717) is 12.2 Å².